The molecule has 4 heteroatoms. The summed E-state index contributed by atoms with van der Waals surface area (Å²) in [7, 11) is 1.30. The summed E-state index contributed by atoms with van der Waals surface area (Å²) >= 11 is 5.85. The Bertz CT molecular complexity index is 396. The van der Waals surface area contributed by atoms with Gasteiger partial charge in [0.05, 0.1) is 25.2 Å². The molecule has 0 aliphatic rings. The number of esters is 1. The summed E-state index contributed by atoms with van der Waals surface area (Å²) in [5.74, 6) is -0.435. The lowest BCUT2D eigenvalue weighted by molar-refractivity contribution is 0.0600. The number of carbonyl (C=O) groups excluding carboxylic acids is 1. The van der Waals surface area contributed by atoms with Crippen molar-refractivity contribution in [2.45, 2.75) is 6.42 Å². The molecule has 0 radical (unpaired) electrons. The molecule has 3 nitrogen and oxygen atoms in total. The molecule has 0 aliphatic carbocycles. The van der Waals surface area contributed by atoms with Crippen molar-refractivity contribution in [1.82, 2.24) is 0 Å². The first kappa shape index (κ1) is 10.6. The maximum Gasteiger partial charge on any atom is 0.337 e. The van der Waals surface area contributed by atoms with Crippen LogP contribution in [0.2, 0.25) is 5.02 Å². The van der Waals surface area contributed by atoms with Crippen LogP contribution >= 0.6 is 11.6 Å². The zero-order valence-electron chi connectivity index (χ0n) is 7.58. The Hall–Kier alpha value is -1.53. The van der Waals surface area contributed by atoms with Crippen molar-refractivity contribution < 1.29 is 9.53 Å². The Morgan fingerprint density at radius 3 is 2.86 bits per heavy atom. The minimum absolute atomic E-state index is 0.236. The smallest absolute Gasteiger partial charge is 0.337 e. The Kier molecular flexibility index (Phi) is 3.49. The highest BCUT2D eigenvalue weighted by Gasteiger charge is 2.07. The van der Waals surface area contributed by atoms with Crippen LogP contribution < -0.4 is 0 Å². The molecule has 0 unspecified atom stereocenters. The molecule has 0 N–H and O–H groups in total. The van der Waals surface area contributed by atoms with E-state index >= 15 is 0 Å². The van der Waals surface area contributed by atoms with E-state index in [1.165, 1.54) is 13.2 Å². The number of methoxy groups -OCH3 is 1. The third-order valence-electron chi connectivity index (χ3n) is 1.74. The summed E-state index contributed by atoms with van der Waals surface area (Å²) in [6, 6.07) is 6.73. The first-order valence-corrected chi connectivity index (χ1v) is 4.30. The van der Waals surface area contributed by atoms with Crippen LogP contribution in [0.1, 0.15) is 15.9 Å². The zero-order chi connectivity index (χ0) is 10.6. The lowest BCUT2D eigenvalue weighted by atomic mass is 10.1. The van der Waals surface area contributed by atoms with Gasteiger partial charge in [-0.05, 0) is 17.7 Å². The predicted molar refractivity (Wildman–Crippen MR) is 52.1 cm³/mol. The van der Waals surface area contributed by atoms with E-state index in [0.29, 0.717) is 16.1 Å². The Morgan fingerprint density at radius 1 is 1.64 bits per heavy atom. The van der Waals surface area contributed by atoms with E-state index in [-0.39, 0.29) is 6.42 Å². The fourth-order valence-electron chi connectivity index (χ4n) is 1.02. The minimum atomic E-state index is -0.435. The van der Waals surface area contributed by atoms with Gasteiger partial charge in [0.25, 0.3) is 0 Å². The van der Waals surface area contributed by atoms with Gasteiger partial charge in [0, 0.05) is 5.02 Å². The molecule has 0 aliphatic heterocycles. The molecule has 0 aromatic heterocycles. The number of benzene rings is 1. The van der Waals surface area contributed by atoms with Crippen molar-refractivity contribution in [3.05, 3.63) is 34.3 Å². The number of halogens is 1. The second-order valence-corrected chi connectivity index (χ2v) is 3.04. The summed E-state index contributed by atoms with van der Waals surface area (Å²) < 4.78 is 4.53. The van der Waals surface area contributed by atoms with Gasteiger partial charge in [0.15, 0.2) is 0 Å². The van der Waals surface area contributed by atoms with Crippen molar-refractivity contribution >= 4 is 17.6 Å². The topological polar surface area (TPSA) is 50.1 Å². The quantitative estimate of drug-likeness (QED) is 0.702. The standard InChI is InChI=1S/C10H8ClNO2/c1-14-10(13)8-3-2-7(4-5-12)9(11)6-8/h2-3,6H,4H2,1H3. The molecular formula is C10H8ClNO2. The normalized spacial score (nSPS) is 9.21. The Balaban J connectivity index is 3.01. The number of nitrogens with zero attached hydrogens (tertiary/aromatic N) is 1. The van der Waals surface area contributed by atoms with Crippen molar-refractivity contribution in [3.8, 4) is 6.07 Å². The molecule has 1 rings (SSSR count). The summed E-state index contributed by atoms with van der Waals surface area (Å²) in [5, 5.41) is 8.88. The fraction of sp³-hybridized carbons (Fsp3) is 0.200. The van der Waals surface area contributed by atoms with Crippen LogP contribution in [-0.4, -0.2) is 13.1 Å². The lowest BCUT2D eigenvalue weighted by Crippen LogP contribution is -2.01. The predicted octanol–water partition coefficient (Wildman–Crippen LogP) is 2.19. The molecule has 0 spiro atoms. The van der Waals surface area contributed by atoms with Gasteiger partial charge in [-0.15, -0.1) is 0 Å². The van der Waals surface area contributed by atoms with E-state index in [1.54, 1.807) is 12.1 Å². The molecule has 0 saturated heterocycles. The van der Waals surface area contributed by atoms with Crippen LogP contribution in [0.25, 0.3) is 0 Å². The second kappa shape index (κ2) is 4.64. The third-order valence-corrected chi connectivity index (χ3v) is 2.10. The van der Waals surface area contributed by atoms with Gasteiger partial charge in [0.1, 0.15) is 0 Å². The van der Waals surface area contributed by atoms with Crippen molar-refractivity contribution in [1.29, 1.82) is 5.26 Å². The minimum Gasteiger partial charge on any atom is -0.465 e. The van der Waals surface area contributed by atoms with E-state index < -0.39 is 5.97 Å². The summed E-state index contributed by atoms with van der Waals surface area (Å²) in [5.41, 5.74) is 1.10. The molecule has 0 heterocycles. The van der Waals surface area contributed by atoms with Gasteiger partial charge in [-0.1, -0.05) is 17.7 Å². The first-order chi connectivity index (χ1) is 6.69. The van der Waals surface area contributed by atoms with Crippen LogP contribution in [0.15, 0.2) is 18.2 Å². The van der Waals surface area contributed by atoms with Crippen molar-refractivity contribution in [2.75, 3.05) is 7.11 Å². The molecule has 1 aromatic rings. The average molecular weight is 210 g/mol. The van der Waals surface area contributed by atoms with Gasteiger partial charge in [-0.25, -0.2) is 4.79 Å². The van der Waals surface area contributed by atoms with Crippen LogP contribution in [-0.2, 0) is 11.2 Å². The van der Waals surface area contributed by atoms with E-state index in [0.717, 1.165) is 0 Å². The SMILES string of the molecule is COC(=O)c1ccc(CC#N)c(Cl)c1. The lowest BCUT2D eigenvalue weighted by Gasteiger charge is -2.02. The van der Waals surface area contributed by atoms with Crippen LogP contribution in [0.4, 0.5) is 0 Å². The first-order valence-electron chi connectivity index (χ1n) is 3.92. The molecule has 0 atom stereocenters. The highest BCUT2D eigenvalue weighted by molar-refractivity contribution is 6.31. The van der Waals surface area contributed by atoms with Crippen molar-refractivity contribution in [3.63, 3.8) is 0 Å². The molecule has 0 saturated carbocycles. The van der Waals surface area contributed by atoms with Gasteiger partial charge in [-0.2, -0.15) is 5.26 Å². The van der Waals surface area contributed by atoms with E-state index in [9.17, 15) is 4.79 Å². The van der Waals surface area contributed by atoms with Crippen LogP contribution in [0.3, 0.4) is 0 Å². The highest BCUT2D eigenvalue weighted by atomic mass is 35.5. The Labute approximate surface area is 86.9 Å². The van der Waals surface area contributed by atoms with Gasteiger partial charge in [0.2, 0.25) is 0 Å². The Morgan fingerprint density at radius 2 is 2.36 bits per heavy atom. The molecule has 1 aromatic carbocycles. The largest absolute Gasteiger partial charge is 0.465 e. The van der Waals surface area contributed by atoms with Crippen molar-refractivity contribution in [2.24, 2.45) is 0 Å². The molecular weight excluding hydrogens is 202 g/mol. The third kappa shape index (κ3) is 2.24. The number of carbonyl (C=O) groups is 1. The van der Waals surface area contributed by atoms with E-state index in [1.807, 2.05) is 6.07 Å². The molecule has 0 amide bonds. The van der Waals surface area contributed by atoms with Gasteiger partial charge < -0.3 is 4.74 Å². The average Bonchev–Trinajstić information content (AvgIpc) is 2.20. The monoisotopic (exact) mass is 209 g/mol. The maximum absolute atomic E-state index is 11.1. The van der Waals surface area contributed by atoms with Crippen LogP contribution in [0, 0.1) is 11.3 Å². The second-order valence-electron chi connectivity index (χ2n) is 2.63. The molecule has 0 bridgehead atoms. The summed E-state index contributed by atoms with van der Waals surface area (Å²) in [6.07, 6.45) is 0.236. The summed E-state index contributed by atoms with van der Waals surface area (Å²) in [4.78, 5) is 11.1. The number of hydrogen-bond acceptors (Lipinski definition) is 3. The van der Waals surface area contributed by atoms with Gasteiger partial charge >= 0.3 is 5.97 Å². The van der Waals surface area contributed by atoms with Crippen LogP contribution in [0.5, 0.6) is 0 Å². The number of nitriles is 1. The molecule has 14 heavy (non-hydrogen) atoms. The number of hydrogen-bond donors (Lipinski definition) is 0. The van der Waals surface area contributed by atoms with E-state index in [4.69, 9.17) is 16.9 Å². The number of ether oxygens (including phenoxy) is 1. The fourth-order valence-corrected chi connectivity index (χ4v) is 1.27. The number of rotatable bonds is 2. The molecule has 0 fully saturated rings. The maximum atomic E-state index is 11.1. The zero-order valence-corrected chi connectivity index (χ0v) is 8.34. The van der Waals surface area contributed by atoms with E-state index in [2.05, 4.69) is 4.74 Å². The molecule has 72 valence electrons. The highest BCUT2D eigenvalue weighted by Crippen LogP contribution is 2.18. The van der Waals surface area contributed by atoms with Gasteiger partial charge in [-0.3, -0.25) is 0 Å². The summed E-state index contributed by atoms with van der Waals surface area (Å²) in [6.45, 7) is 0.